The number of hydrogen-bond acceptors (Lipinski definition) is 2. The van der Waals surface area contributed by atoms with Gasteiger partial charge in [0.2, 0.25) is 0 Å². The van der Waals surface area contributed by atoms with E-state index in [9.17, 15) is 4.79 Å². The monoisotopic (exact) mass is 238 g/mol. The van der Waals surface area contributed by atoms with Crippen LogP contribution in [0.1, 0.15) is 17.4 Å². The summed E-state index contributed by atoms with van der Waals surface area (Å²) in [4.78, 5) is 15.3. The Morgan fingerprint density at radius 1 is 1.54 bits per heavy atom. The molecule has 0 radical (unpaired) electrons. The first-order chi connectivity index (χ1) is 6.20. The molecule has 0 bridgehead atoms. The second kappa shape index (κ2) is 2.96. The summed E-state index contributed by atoms with van der Waals surface area (Å²) in [5.74, 6) is 0.0375. The lowest BCUT2D eigenvalue weighted by molar-refractivity contribution is 0.101. The van der Waals surface area contributed by atoms with Crippen LogP contribution in [0.5, 0.6) is 0 Å². The van der Waals surface area contributed by atoms with E-state index in [2.05, 4.69) is 20.9 Å². The number of imidazole rings is 1. The van der Waals surface area contributed by atoms with Crippen molar-refractivity contribution >= 4 is 27.2 Å². The number of nitrogens with zero attached hydrogens (tertiary/aromatic N) is 2. The van der Waals surface area contributed by atoms with E-state index in [4.69, 9.17) is 0 Å². The van der Waals surface area contributed by atoms with Crippen LogP contribution in [-0.4, -0.2) is 15.2 Å². The van der Waals surface area contributed by atoms with Gasteiger partial charge in [0.15, 0.2) is 5.78 Å². The second-order valence-electron chi connectivity index (χ2n) is 2.76. The quantitative estimate of drug-likeness (QED) is 0.715. The van der Waals surface area contributed by atoms with Crippen LogP contribution < -0.4 is 0 Å². The van der Waals surface area contributed by atoms with Crippen LogP contribution in [0.3, 0.4) is 0 Å². The SMILES string of the molecule is CC(=O)c1cccc2c(Br)ncn12. The smallest absolute Gasteiger partial charge is 0.176 e. The molecule has 2 heterocycles. The largest absolute Gasteiger partial charge is 0.295 e. The first kappa shape index (κ1) is 8.44. The molecule has 2 aromatic heterocycles. The van der Waals surface area contributed by atoms with Crippen LogP contribution in [0.2, 0.25) is 0 Å². The summed E-state index contributed by atoms with van der Waals surface area (Å²) in [6.07, 6.45) is 1.64. The molecular formula is C9H7BrN2O. The molecule has 0 amide bonds. The molecule has 13 heavy (non-hydrogen) atoms. The van der Waals surface area contributed by atoms with Gasteiger partial charge in [-0.15, -0.1) is 0 Å². The minimum atomic E-state index is 0.0375. The highest BCUT2D eigenvalue weighted by Crippen LogP contribution is 2.17. The second-order valence-corrected chi connectivity index (χ2v) is 3.51. The molecule has 66 valence electrons. The van der Waals surface area contributed by atoms with Gasteiger partial charge in [-0.2, -0.15) is 0 Å². The van der Waals surface area contributed by atoms with E-state index in [1.165, 1.54) is 0 Å². The zero-order valence-corrected chi connectivity index (χ0v) is 8.58. The van der Waals surface area contributed by atoms with Crippen molar-refractivity contribution in [3.05, 3.63) is 34.8 Å². The molecule has 0 spiro atoms. The lowest BCUT2D eigenvalue weighted by Gasteiger charge is -1.99. The van der Waals surface area contributed by atoms with Gasteiger partial charge in [0, 0.05) is 6.92 Å². The molecule has 0 aliphatic carbocycles. The fraction of sp³-hybridized carbons (Fsp3) is 0.111. The molecule has 0 fully saturated rings. The molecule has 4 heteroatoms. The van der Waals surface area contributed by atoms with Gasteiger partial charge in [0.1, 0.15) is 10.9 Å². The van der Waals surface area contributed by atoms with E-state index < -0.39 is 0 Å². The highest BCUT2D eigenvalue weighted by Gasteiger charge is 2.06. The van der Waals surface area contributed by atoms with Gasteiger partial charge >= 0.3 is 0 Å². The van der Waals surface area contributed by atoms with E-state index in [0.717, 1.165) is 10.1 Å². The van der Waals surface area contributed by atoms with Gasteiger partial charge in [-0.05, 0) is 28.1 Å². The standard InChI is InChI=1S/C9H7BrN2O/c1-6(13)7-3-2-4-8-9(10)11-5-12(7)8/h2-5H,1H3. The van der Waals surface area contributed by atoms with Crippen molar-refractivity contribution in [1.29, 1.82) is 0 Å². The highest BCUT2D eigenvalue weighted by atomic mass is 79.9. The number of hydrogen-bond donors (Lipinski definition) is 0. The summed E-state index contributed by atoms with van der Waals surface area (Å²) < 4.78 is 2.53. The normalized spacial score (nSPS) is 10.6. The Morgan fingerprint density at radius 3 is 3.00 bits per heavy atom. The molecule has 0 atom stereocenters. The molecule has 2 aromatic rings. The zero-order valence-electron chi connectivity index (χ0n) is 6.99. The van der Waals surface area contributed by atoms with Crippen molar-refractivity contribution in [2.75, 3.05) is 0 Å². The molecular weight excluding hydrogens is 232 g/mol. The molecule has 0 saturated heterocycles. The molecule has 0 N–H and O–H groups in total. The molecule has 0 aromatic carbocycles. The van der Waals surface area contributed by atoms with E-state index >= 15 is 0 Å². The number of ketones is 1. The molecule has 0 aliphatic rings. The first-order valence-corrected chi connectivity index (χ1v) is 4.62. The number of pyridine rings is 1. The number of fused-ring (bicyclic) bond motifs is 1. The van der Waals surface area contributed by atoms with Gasteiger partial charge in [0.25, 0.3) is 0 Å². The number of carbonyl (C=O) groups is 1. The zero-order chi connectivity index (χ0) is 9.42. The Hall–Kier alpha value is -1.16. The van der Waals surface area contributed by atoms with E-state index in [0.29, 0.717) is 5.69 Å². The maximum atomic E-state index is 11.2. The average Bonchev–Trinajstić information content (AvgIpc) is 2.48. The van der Waals surface area contributed by atoms with Crippen LogP contribution in [0, 0.1) is 0 Å². The summed E-state index contributed by atoms with van der Waals surface area (Å²) in [7, 11) is 0. The molecule has 3 nitrogen and oxygen atoms in total. The Kier molecular flexibility index (Phi) is 1.92. The minimum absolute atomic E-state index is 0.0375. The van der Waals surface area contributed by atoms with Crippen molar-refractivity contribution in [2.45, 2.75) is 6.92 Å². The molecule has 0 aliphatic heterocycles. The van der Waals surface area contributed by atoms with E-state index in [1.807, 2.05) is 12.1 Å². The van der Waals surface area contributed by atoms with Crippen LogP contribution in [0.25, 0.3) is 5.52 Å². The van der Waals surface area contributed by atoms with Gasteiger partial charge in [0.05, 0.1) is 11.2 Å². The van der Waals surface area contributed by atoms with Crippen molar-refractivity contribution in [3.8, 4) is 0 Å². The summed E-state index contributed by atoms with van der Waals surface area (Å²) in [6, 6.07) is 5.53. The highest BCUT2D eigenvalue weighted by molar-refractivity contribution is 9.10. The van der Waals surface area contributed by atoms with Crippen molar-refractivity contribution in [3.63, 3.8) is 0 Å². The third kappa shape index (κ3) is 1.27. The summed E-state index contributed by atoms with van der Waals surface area (Å²) in [6.45, 7) is 1.54. The lowest BCUT2D eigenvalue weighted by atomic mass is 10.2. The van der Waals surface area contributed by atoms with Crippen LogP contribution in [0.4, 0.5) is 0 Å². The van der Waals surface area contributed by atoms with Crippen LogP contribution in [-0.2, 0) is 0 Å². The average molecular weight is 239 g/mol. The Balaban J connectivity index is 2.84. The number of Topliss-reactive ketones (excluding diaryl/α,β-unsaturated/α-hetero) is 1. The van der Waals surface area contributed by atoms with E-state index in [1.54, 1.807) is 23.7 Å². The fourth-order valence-electron chi connectivity index (χ4n) is 1.27. The number of halogens is 1. The van der Waals surface area contributed by atoms with Gasteiger partial charge < -0.3 is 0 Å². The Bertz CT molecular complexity index is 475. The fourth-order valence-corrected chi connectivity index (χ4v) is 1.69. The van der Waals surface area contributed by atoms with Crippen LogP contribution >= 0.6 is 15.9 Å². The van der Waals surface area contributed by atoms with Crippen molar-refractivity contribution in [1.82, 2.24) is 9.38 Å². The number of rotatable bonds is 1. The third-order valence-corrected chi connectivity index (χ3v) is 2.50. The Morgan fingerprint density at radius 2 is 2.31 bits per heavy atom. The van der Waals surface area contributed by atoms with Gasteiger partial charge in [-0.1, -0.05) is 6.07 Å². The summed E-state index contributed by atoms with van der Waals surface area (Å²) in [5.41, 5.74) is 1.56. The van der Waals surface area contributed by atoms with E-state index in [-0.39, 0.29) is 5.78 Å². The topological polar surface area (TPSA) is 34.4 Å². The predicted octanol–water partition coefficient (Wildman–Crippen LogP) is 2.30. The first-order valence-electron chi connectivity index (χ1n) is 3.82. The van der Waals surface area contributed by atoms with Crippen molar-refractivity contribution in [2.24, 2.45) is 0 Å². The molecule has 0 saturated carbocycles. The van der Waals surface area contributed by atoms with Gasteiger partial charge in [-0.3, -0.25) is 9.20 Å². The number of aromatic nitrogens is 2. The van der Waals surface area contributed by atoms with Crippen LogP contribution in [0.15, 0.2) is 29.1 Å². The Labute approximate surface area is 83.5 Å². The predicted molar refractivity (Wildman–Crippen MR) is 52.9 cm³/mol. The third-order valence-electron chi connectivity index (χ3n) is 1.89. The molecule has 0 unspecified atom stereocenters. The number of carbonyl (C=O) groups excluding carboxylic acids is 1. The summed E-state index contributed by atoms with van der Waals surface area (Å²) in [5, 5.41) is 0. The maximum Gasteiger partial charge on any atom is 0.176 e. The molecule has 2 rings (SSSR count). The maximum absolute atomic E-state index is 11.2. The van der Waals surface area contributed by atoms with Gasteiger partial charge in [-0.25, -0.2) is 4.98 Å². The summed E-state index contributed by atoms with van der Waals surface area (Å²) >= 11 is 3.31. The minimum Gasteiger partial charge on any atom is -0.295 e. The van der Waals surface area contributed by atoms with Crippen molar-refractivity contribution < 1.29 is 4.79 Å². The lowest BCUT2D eigenvalue weighted by Crippen LogP contribution is -2.00.